The smallest absolute Gasteiger partial charge is 0.105 e. The molecule has 90 valence electrons. The maximum Gasteiger partial charge on any atom is 0.105 e. The molecule has 4 nitrogen and oxygen atoms in total. The lowest BCUT2D eigenvalue weighted by Gasteiger charge is -2.32. The van der Waals surface area contributed by atoms with Crippen molar-refractivity contribution in [3.05, 3.63) is 17.2 Å². The van der Waals surface area contributed by atoms with E-state index >= 15 is 0 Å². The highest BCUT2D eigenvalue weighted by Gasteiger charge is 2.28. The molecule has 2 rings (SSSR count). The average Bonchev–Trinajstić information content (AvgIpc) is 2.58. The monoisotopic (exact) mass is 222 g/mol. The van der Waals surface area contributed by atoms with Crippen LogP contribution in [0.1, 0.15) is 37.1 Å². The summed E-state index contributed by atoms with van der Waals surface area (Å²) in [5, 5.41) is 3.49. The van der Waals surface area contributed by atoms with Gasteiger partial charge in [-0.2, -0.15) is 0 Å². The molecule has 16 heavy (non-hydrogen) atoms. The van der Waals surface area contributed by atoms with Crippen molar-refractivity contribution in [3.8, 4) is 0 Å². The van der Waals surface area contributed by atoms with Gasteiger partial charge in [0.1, 0.15) is 5.82 Å². The van der Waals surface area contributed by atoms with E-state index in [9.17, 15) is 0 Å². The molecular formula is C12H22N4. The minimum atomic E-state index is 0.443. The zero-order chi connectivity index (χ0) is 11.7. The second-order valence-corrected chi connectivity index (χ2v) is 4.42. The molecule has 1 unspecified atom stereocenters. The van der Waals surface area contributed by atoms with Crippen LogP contribution in [0.2, 0.25) is 0 Å². The zero-order valence-electron chi connectivity index (χ0n) is 10.7. The van der Waals surface area contributed by atoms with Gasteiger partial charge in [0.15, 0.2) is 0 Å². The largest absolute Gasteiger partial charge is 0.334 e. The number of nitrogens with one attached hydrogen (secondary N) is 1. The summed E-state index contributed by atoms with van der Waals surface area (Å²) in [4.78, 5) is 7.20. The Bertz CT molecular complexity index is 365. The van der Waals surface area contributed by atoms with Crippen LogP contribution < -0.4 is 5.32 Å². The van der Waals surface area contributed by atoms with Crippen LogP contribution in [0.15, 0.2) is 0 Å². The molecule has 1 aliphatic rings. The van der Waals surface area contributed by atoms with Gasteiger partial charge < -0.3 is 9.88 Å². The Morgan fingerprint density at radius 2 is 2.12 bits per heavy atom. The molecule has 0 saturated carbocycles. The van der Waals surface area contributed by atoms with Crippen LogP contribution in [-0.2, 0) is 13.6 Å². The van der Waals surface area contributed by atoms with E-state index in [2.05, 4.69) is 42.6 Å². The predicted molar refractivity (Wildman–Crippen MR) is 65.3 cm³/mol. The van der Waals surface area contributed by atoms with Crippen molar-refractivity contribution in [1.82, 2.24) is 19.8 Å². The van der Waals surface area contributed by atoms with Gasteiger partial charge in [0, 0.05) is 20.1 Å². The van der Waals surface area contributed by atoms with E-state index in [4.69, 9.17) is 4.98 Å². The normalized spacial score (nSPS) is 20.2. The predicted octanol–water partition coefficient (Wildman–Crippen LogP) is 1.21. The molecule has 0 fully saturated rings. The van der Waals surface area contributed by atoms with E-state index in [0.29, 0.717) is 6.04 Å². The number of aryl methyl sites for hydroxylation is 1. The van der Waals surface area contributed by atoms with Crippen LogP contribution in [0, 0.1) is 6.92 Å². The fraction of sp³-hybridized carbons (Fsp3) is 0.750. The van der Waals surface area contributed by atoms with Gasteiger partial charge in [-0.25, -0.2) is 4.98 Å². The fourth-order valence-electron chi connectivity index (χ4n) is 2.55. The van der Waals surface area contributed by atoms with Gasteiger partial charge in [-0.3, -0.25) is 4.90 Å². The molecule has 2 heterocycles. The number of rotatable bonds is 3. The van der Waals surface area contributed by atoms with Crippen molar-refractivity contribution in [1.29, 1.82) is 0 Å². The first-order chi connectivity index (χ1) is 7.69. The molecule has 0 saturated heterocycles. The Balaban J connectivity index is 2.36. The summed E-state index contributed by atoms with van der Waals surface area (Å²) in [6.07, 6.45) is 0. The van der Waals surface area contributed by atoms with E-state index in [0.717, 1.165) is 32.0 Å². The first-order valence-corrected chi connectivity index (χ1v) is 6.15. The van der Waals surface area contributed by atoms with Crippen molar-refractivity contribution < 1.29 is 0 Å². The number of imidazole rings is 1. The first kappa shape index (κ1) is 11.6. The van der Waals surface area contributed by atoms with E-state index in [1.165, 1.54) is 11.4 Å². The number of likely N-dealkylation sites (N-methyl/N-ethyl adjacent to an activating group) is 1. The Morgan fingerprint density at radius 3 is 2.75 bits per heavy atom. The van der Waals surface area contributed by atoms with Crippen LogP contribution in [0.4, 0.5) is 0 Å². The van der Waals surface area contributed by atoms with Crippen LogP contribution in [0.5, 0.6) is 0 Å². The summed E-state index contributed by atoms with van der Waals surface area (Å²) in [7, 11) is 2.10. The molecule has 1 atom stereocenters. The lowest BCUT2D eigenvalue weighted by Crippen LogP contribution is -2.40. The Morgan fingerprint density at radius 1 is 1.44 bits per heavy atom. The third-order valence-corrected chi connectivity index (χ3v) is 3.67. The van der Waals surface area contributed by atoms with Crippen molar-refractivity contribution in [2.24, 2.45) is 7.05 Å². The first-order valence-electron chi connectivity index (χ1n) is 6.15. The molecule has 1 N–H and O–H groups in total. The second-order valence-electron chi connectivity index (χ2n) is 4.42. The van der Waals surface area contributed by atoms with Gasteiger partial charge >= 0.3 is 0 Å². The van der Waals surface area contributed by atoms with Gasteiger partial charge in [-0.05, 0) is 20.0 Å². The van der Waals surface area contributed by atoms with Gasteiger partial charge in [-0.15, -0.1) is 0 Å². The Hall–Kier alpha value is -0.870. The van der Waals surface area contributed by atoms with Crippen LogP contribution >= 0.6 is 0 Å². The molecule has 0 spiro atoms. The summed E-state index contributed by atoms with van der Waals surface area (Å²) >= 11 is 0. The topological polar surface area (TPSA) is 33.1 Å². The third kappa shape index (κ3) is 1.76. The summed E-state index contributed by atoms with van der Waals surface area (Å²) in [5.41, 5.74) is 2.63. The lowest BCUT2D eigenvalue weighted by atomic mass is 10.1. The summed E-state index contributed by atoms with van der Waals surface area (Å²) in [6.45, 7) is 10.6. The van der Waals surface area contributed by atoms with E-state index in [1.54, 1.807) is 0 Å². The minimum absolute atomic E-state index is 0.443. The highest BCUT2D eigenvalue weighted by molar-refractivity contribution is 5.23. The van der Waals surface area contributed by atoms with E-state index in [-0.39, 0.29) is 0 Å². The van der Waals surface area contributed by atoms with Crippen LogP contribution in [0.25, 0.3) is 0 Å². The standard InChI is InChI=1S/C12H22N4/c1-5-16(6-2)11-8-13-7-10-12(11)14-9(3)15(10)4/h11,13H,5-8H2,1-4H3. The van der Waals surface area contributed by atoms with Crippen molar-refractivity contribution in [2.45, 2.75) is 33.4 Å². The van der Waals surface area contributed by atoms with E-state index in [1.807, 2.05) is 0 Å². The maximum absolute atomic E-state index is 4.73. The number of hydrogen-bond donors (Lipinski definition) is 1. The summed E-state index contributed by atoms with van der Waals surface area (Å²) in [6, 6.07) is 0.443. The quantitative estimate of drug-likeness (QED) is 0.834. The molecule has 0 bridgehead atoms. The van der Waals surface area contributed by atoms with Gasteiger partial charge in [0.05, 0.1) is 17.4 Å². The fourth-order valence-corrected chi connectivity index (χ4v) is 2.55. The van der Waals surface area contributed by atoms with Crippen molar-refractivity contribution in [3.63, 3.8) is 0 Å². The molecule has 0 aromatic carbocycles. The SMILES string of the molecule is CCN(CC)C1CNCc2c1nc(C)n2C. The Kier molecular flexibility index (Phi) is 3.30. The molecule has 0 amide bonds. The van der Waals surface area contributed by atoms with Gasteiger partial charge in [-0.1, -0.05) is 13.8 Å². The second kappa shape index (κ2) is 4.55. The van der Waals surface area contributed by atoms with E-state index < -0.39 is 0 Å². The van der Waals surface area contributed by atoms with Crippen LogP contribution in [0.3, 0.4) is 0 Å². The van der Waals surface area contributed by atoms with Gasteiger partial charge in [0.25, 0.3) is 0 Å². The highest BCUT2D eigenvalue weighted by Crippen LogP contribution is 2.26. The highest BCUT2D eigenvalue weighted by atomic mass is 15.2. The van der Waals surface area contributed by atoms with Crippen LogP contribution in [-0.4, -0.2) is 34.1 Å². The molecular weight excluding hydrogens is 200 g/mol. The minimum Gasteiger partial charge on any atom is -0.334 e. The Labute approximate surface area is 97.7 Å². The molecule has 1 aromatic rings. The molecule has 0 radical (unpaired) electrons. The van der Waals surface area contributed by atoms with Gasteiger partial charge in [0.2, 0.25) is 0 Å². The summed E-state index contributed by atoms with van der Waals surface area (Å²) < 4.78 is 2.21. The third-order valence-electron chi connectivity index (χ3n) is 3.67. The molecule has 1 aromatic heterocycles. The van der Waals surface area contributed by atoms with Crippen molar-refractivity contribution >= 4 is 0 Å². The molecule has 1 aliphatic heterocycles. The molecule has 4 heteroatoms. The number of nitrogens with zero attached hydrogens (tertiary/aromatic N) is 3. The number of hydrogen-bond acceptors (Lipinski definition) is 3. The zero-order valence-corrected chi connectivity index (χ0v) is 10.7. The maximum atomic E-state index is 4.73. The summed E-state index contributed by atoms with van der Waals surface area (Å²) in [5.74, 6) is 1.12. The number of aromatic nitrogens is 2. The molecule has 0 aliphatic carbocycles. The lowest BCUT2D eigenvalue weighted by molar-refractivity contribution is 0.200. The average molecular weight is 222 g/mol. The number of fused-ring (bicyclic) bond motifs is 1. The van der Waals surface area contributed by atoms with Crippen molar-refractivity contribution in [2.75, 3.05) is 19.6 Å².